The summed E-state index contributed by atoms with van der Waals surface area (Å²) in [6, 6.07) is 0. The first kappa shape index (κ1) is 8.49. The Hall–Kier alpha value is -0.610. The summed E-state index contributed by atoms with van der Waals surface area (Å²) < 4.78 is 4.97. The molecule has 0 saturated carbocycles. The van der Waals surface area contributed by atoms with E-state index in [2.05, 4.69) is 0 Å². The van der Waals surface area contributed by atoms with Crippen LogP contribution in [0, 0.1) is 0 Å². The molecule has 1 rings (SSSR count). The zero-order valence-electron chi connectivity index (χ0n) is 6.75. The van der Waals surface area contributed by atoms with E-state index in [1.165, 1.54) is 0 Å². The topological polar surface area (TPSA) is 55.6 Å². The first-order valence-electron chi connectivity index (χ1n) is 3.81. The molecule has 1 heterocycles. The minimum absolute atomic E-state index is 0.0814. The summed E-state index contributed by atoms with van der Waals surface area (Å²) in [4.78, 5) is 13.0. The van der Waals surface area contributed by atoms with Gasteiger partial charge >= 0.3 is 0 Å². The number of hydrogen-bond donors (Lipinski definition) is 1. The van der Waals surface area contributed by atoms with Gasteiger partial charge in [0.1, 0.15) is 6.10 Å². The van der Waals surface area contributed by atoms with Crippen molar-refractivity contribution in [3.8, 4) is 0 Å². The molecule has 1 saturated heterocycles. The molecule has 1 aliphatic rings. The quantitative estimate of drug-likeness (QED) is 0.584. The molecule has 0 unspecified atom stereocenters. The van der Waals surface area contributed by atoms with E-state index in [9.17, 15) is 4.79 Å². The predicted octanol–water partition coefficient (Wildman–Crippen LogP) is -0.808. The smallest absolute Gasteiger partial charge is 0.251 e. The second-order valence-corrected chi connectivity index (χ2v) is 2.63. The lowest BCUT2D eigenvalue weighted by atomic mass is 10.3. The number of carbonyl (C=O) groups is 1. The van der Waals surface area contributed by atoms with Crippen LogP contribution in [0.3, 0.4) is 0 Å². The van der Waals surface area contributed by atoms with Gasteiger partial charge in [-0.25, -0.2) is 0 Å². The molecule has 0 aromatic heterocycles. The number of hydrogen-bond acceptors (Lipinski definition) is 3. The van der Waals surface area contributed by atoms with Crippen LogP contribution in [0.2, 0.25) is 0 Å². The van der Waals surface area contributed by atoms with E-state index in [0.29, 0.717) is 13.1 Å². The molecule has 11 heavy (non-hydrogen) atoms. The lowest BCUT2D eigenvalue weighted by molar-refractivity contribution is -0.135. The first-order chi connectivity index (χ1) is 5.29. The molecule has 4 nitrogen and oxygen atoms in total. The van der Waals surface area contributed by atoms with E-state index >= 15 is 0 Å². The highest BCUT2D eigenvalue weighted by molar-refractivity contribution is 5.82. The van der Waals surface area contributed by atoms with Crippen LogP contribution in [0.1, 0.15) is 6.42 Å². The van der Waals surface area contributed by atoms with Gasteiger partial charge in [-0.05, 0) is 0 Å². The number of nitrogens with zero attached hydrogens (tertiary/aromatic N) is 1. The summed E-state index contributed by atoms with van der Waals surface area (Å²) in [6.45, 7) is 1.97. The molecule has 0 spiro atoms. The van der Waals surface area contributed by atoms with Gasteiger partial charge in [-0.15, -0.1) is 0 Å². The molecular formula is C7H14N2O2. The van der Waals surface area contributed by atoms with Gasteiger partial charge in [0.2, 0.25) is 0 Å². The molecule has 0 radical (unpaired) electrons. The van der Waals surface area contributed by atoms with Crippen LogP contribution in [-0.4, -0.2) is 43.7 Å². The van der Waals surface area contributed by atoms with Crippen LogP contribution in [0.25, 0.3) is 0 Å². The van der Waals surface area contributed by atoms with Crippen molar-refractivity contribution in [3.05, 3.63) is 0 Å². The molecule has 0 aromatic carbocycles. The minimum Gasteiger partial charge on any atom is -0.372 e. The fourth-order valence-electron chi connectivity index (χ4n) is 1.31. The summed E-state index contributed by atoms with van der Waals surface area (Å²) in [5.41, 5.74) is 5.32. The Morgan fingerprint density at radius 3 is 3.00 bits per heavy atom. The summed E-state index contributed by atoms with van der Waals surface area (Å²) >= 11 is 0. The van der Waals surface area contributed by atoms with Gasteiger partial charge < -0.3 is 15.4 Å². The Labute approximate surface area is 66.3 Å². The van der Waals surface area contributed by atoms with Crippen molar-refractivity contribution in [2.24, 2.45) is 5.73 Å². The highest BCUT2D eigenvalue weighted by atomic mass is 16.5. The molecule has 1 fully saturated rings. The third kappa shape index (κ3) is 1.70. The zero-order chi connectivity index (χ0) is 8.27. The van der Waals surface area contributed by atoms with Crippen LogP contribution < -0.4 is 5.73 Å². The Balaban J connectivity index is 2.42. The van der Waals surface area contributed by atoms with Crippen LogP contribution in [0.15, 0.2) is 0 Å². The molecule has 0 bridgehead atoms. The Morgan fingerprint density at radius 1 is 1.82 bits per heavy atom. The van der Waals surface area contributed by atoms with Gasteiger partial charge in [0.25, 0.3) is 5.91 Å². The summed E-state index contributed by atoms with van der Waals surface area (Å²) in [6.07, 6.45) is 0.580. The molecule has 1 aliphatic heterocycles. The molecule has 64 valence electrons. The van der Waals surface area contributed by atoms with Crippen molar-refractivity contribution in [2.45, 2.75) is 12.5 Å². The highest BCUT2D eigenvalue weighted by Crippen LogP contribution is 2.12. The van der Waals surface area contributed by atoms with Gasteiger partial charge in [-0.2, -0.15) is 0 Å². The summed E-state index contributed by atoms with van der Waals surface area (Å²) in [5, 5.41) is 0. The average Bonchev–Trinajstić information content (AvgIpc) is 2.34. The molecule has 1 amide bonds. The average molecular weight is 158 g/mol. The van der Waals surface area contributed by atoms with Gasteiger partial charge in [-0.1, -0.05) is 0 Å². The largest absolute Gasteiger partial charge is 0.372 e. The SMILES string of the molecule is CO[C@@H]1CCN(CCN)C1=O. The van der Waals surface area contributed by atoms with Crippen molar-refractivity contribution in [3.63, 3.8) is 0 Å². The number of likely N-dealkylation sites (tertiary alicyclic amines) is 1. The maximum absolute atomic E-state index is 11.3. The van der Waals surface area contributed by atoms with E-state index in [1.807, 2.05) is 0 Å². The summed E-state index contributed by atoms with van der Waals surface area (Å²) in [7, 11) is 1.56. The number of rotatable bonds is 3. The van der Waals surface area contributed by atoms with Gasteiger partial charge in [-0.3, -0.25) is 4.79 Å². The third-order valence-electron chi connectivity index (χ3n) is 1.93. The summed E-state index contributed by atoms with van der Waals surface area (Å²) in [5.74, 6) is 0.0814. The van der Waals surface area contributed by atoms with Crippen molar-refractivity contribution in [1.82, 2.24) is 4.90 Å². The Morgan fingerprint density at radius 2 is 2.55 bits per heavy atom. The van der Waals surface area contributed by atoms with E-state index in [4.69, 9.17) is 10.5 Å². The maximum Gasteiger partial charge on any atom is 0.251 e. The first-order valence-corrected chi connectivity index (χ1v) is 3.81. The van der Waals surface area contributed by atoms with E-state index in [-0.39, 0.29) is 12.0 Å². The second kappa shape index (κ2) is 3.69. The van der Waals surface area contributed by atoms with Crippen molar-refractivity contribution < 1.29 is 9.53 Å². The van der Waals surface area contributed by atoms with Gasteiger partial charge in [0, 0.05) is 33.2 Å². The fourth-order valence-corrected chi connectivity index (χ4v) is 1.31. The Bertz CT molecular complexity index is 149. The molecule has 1 atom stereocenters. The van der Waals surface area contributed by atoms with Crippen molar-refractivity contribution in [2.75, 3.05) is 26.7 Å². The minimum atomic E-state index is -0.221. The lowest BCUT2D eigenvalue weighted by Crippen LogP contribution is -2.34. The number of methoxy groups -OCH3 is 1. The molecule has 0 aliphatic carbocycles. The molecule has 0 aromatic rings. The standard InChI is InChI=1S/C7H14N2O2/c1-11-6-2-4-9(5-3-8)7(6)10/h6H,2-5,8H2,1H3/t6-/m1/s1. The normalized spacial score (nSPS) is 24.7. The van der Waals surface area contributed by atoms with E-state index < -0.39 is 0 Å². The Kier molecular flexibility index (Phi) is 2.84. The molecule has 4 heteroatoms. The van der Waals surface area contributed by atoms with E-state index in [0.717, 1.165) is 13.0 Å². The van der Waals surface area contributed by atoms with E-state index in [1.54, 1.807) is 12.0 Å². The monoisotopic (exact) mass is 158 g/mol. The second-order valence-electron chi connectivity index (χ2n) is 2.63. The number of ether oxygens (including phenoxy) is 1. The predicted molar refractivity (Wildman–Crippen MR) is 41.0 cm³/mol. The third-order valence-corrected chi connectivity index (χ3v) is 1.93. The van der Waals surface area contributed by atoms with Gasteiger partial charge in [0.05, 0.1) is 0 Å². The highest BCUT2D eigenvalue weighted by Gasteiger charge is 2.30. The molecular weight excluding hydrogens is 144 g/mol. The number of nitrogens with two attached hydrogens (primary N) is 1. The van der Waals surface area contributed by atoms with Crippen LogP contribution >= 0.6 is 0 Å². The van der Waals surface area contributed by atoms with Crippen LogP contribution in [0.4, 0.5) is 0 Å². The maximum atomic E-state index is 11.3. The van der Waals surface area contributed by atoms with Crippen molar-refractivity contribution >= 4 is 5.91 Å². The zero-order valence-corrected chi connectivity index (χ0v) is 6.75. The van der Waals surface area contributed by atoms with Crippen LogP contribution in [0.5, 0.6) is 0 Å². The molecule has 2 N–H and O–H groups in total. The number of carbonyl (C=O) groups excluding carboxylic acids is 1. The van der Waals surface area contributed by atoms with Gasteiger partial charge in [0.15, 0.2) is 0 Å². The van der Waals surface area contributed by atoms with Crippen LogP contribution in [-0.2, 0) is 9.53 Å². The van der Waals surface area contributed by atoms with Crippen molar-refractivity contribution in [1.29, 1.82) is 0 Å². The fraction of sp³-hybridized carbons (Fsp3) is 0.857. The number of amides is 1. The lowest BCUT2D eigenvalue weighted by Gasteiger charge is -2.14.